The van der Waals surface area contributed by atoms with Crippen LogP contribution in [-0.4, -0.2) is 52.0 Å². The average molecular weight is 530 g/mol. The van der Waals surface area contributed by atoms with Crippen LogP contribution in [0.4, 0.5) is 24.7 Å². The largest absolute Gasteiger partial charge is 0.418 e. The SMILES string of the molecule is O=S(=O)(c1ccc(Nc2ncnc3cc(-c4ncccc4C(F)(F)F)ccc23)cc1)N1CCCC1CO. The molecule has 5 rings (SSSR count). The smallest absolute Gasteiger partial charge is 0.395 e. The van der Waals surface area contributed by atoms with Crippen molar-refractivity contribution in [3.05, 3.63) is 72.7 Å². The highest BCUT2D eigenvalue weighted by molar-refractivity contribution is 7.89. The first-order valence-electron chi connectivity index (χ1n) is 11.5. The van der Waals surface area contributed by atoms with Crippen LogP contribution in [0.2, 0.25) is 0 Å². The van der Waals surface area contributed by atoms with Gasteiger partial charge >= 0.3 is 6.18 Å². The lowest BCUT2D eigenvalue weighted by molar-refractivity contribution is -0.137. The fraction of sp³-hybridized carbons (Fsp3) is 0.240. The van der Waals surface area contributed by atoms with Crippen molar-refractivity contribution in [1.29, 1.82) is 0 Å². The summed E-state index contributed by atoms with van der Waals surface area (Å²) in [6.07, 6.45) is -0.636. The highest BCUT2D eigenvalue weighted by Crippen LogP contribution is 2.37. The predicted molar refractivity (Wildman–Crippen MR) is 131 cm³/mol. The van der Waals surface area contributed by atoms with E-state index in [2.05, 4.69) is 20.3 Å². The quantitative estimate of drug-likeness (QED) is 0.376. The molecule has 192 valence electrons. The van der Waals surface area contributed by atoms with E-state index in [0.29, 0.717) is 41.8 Å². The molecular formula is C25H22F3N5O3S. The van der Waals surface area contributed by atoms with Crippen molar-refractivity contribution in [3.63, 3.8) is 0 Å². The zero-order valence-electron chi connectivity index (χ0n) is 19.4. The molecule has 0 saturated carbocycles. The third kappa shape index (κ3) is 4.87. The van der Waals surface area contributed by atoms with Gasteiger partial charge in [-0.1, -0.05) is 6.07 Å². The molecule has 37 heavy (non-hydrogen) atoms. The van der Waals surface area contributed by atoms with Crippen molar-refractivity contribution in [3.8, 4) is 11.3 Å². The minimum absolute atomic E-state index is 0.117. The molecule has 4 aromatic rings. The molecule has 2 aromatic heterocycles. The van der Waals surface area contributed by atoms with Gasteiger partial charge in [-0.3, -0.25) is 4.98 Å². The second-order valence-corrected chi connectivity index (χ2v) is 10.5. The minimum atomic E-state index is -4.55. The number of pyridine rings is 1. The number of halogens is 3. The van der Waals surface area contributed by atoms with Crippen LogP contribution in [0.15, 0.2) is 72.0 Å². The van der Waals surface area contributed by atoms with Gasteiger partial charge in [-0.2, -0.15) is 17.5 Å². The lowest BCUT2D eigenvalue weighted by Gasteiger charge is -2.22. The predicted octanol–water partition coefficient (Wildman–Crippen LogP) is 4.60. The second kappa shape index (κ2) is 9.69. The summed E-state index contributed by atoms with van der Waals surface area (Å²) >= 11 is 0. The Kier molecular flexibility index (Phi) is 6.56. The van der Waals surface area contributed by atoms with Crippen molar-refractivity contribution >= 4 is 32.4 Å². The molecule has 0 spiro atoms. The van der Waals surface area contributed by atoms with Crippen LogP contribution in [0.5, 0.6) is 0 Å². The van der Waals surface area contributed by atoms with Crippen LogP contribution < -0.4 is 5.32 Å². The Morgan fingerprint density at radius 2 is 1.84 bits per heavy atom. The van der Waals surface area contributed by atoms with Gasteiger partial charge in [0.15, 0.2) is 0 Å². The number of benzene rings is 2. The maximum atomic E-state index is 13.5. The molecule has 1 fully saturated rings. The van der Waals surface area contributed by atoms with Gasteiger partial charge in [0.25, 0.3) is 0 Å². The van der Waals surface area contributed by atoms with Crippen LogP contribution >= 0.6 is 0 Å². The number of rotatable bonds is 6. The van der Waals surface area contributed by atoms with E-state index in [0.717, 1.165) is 6.07 Å². The molecule has 1 aliphatic rings. The number of alkyl halides is 3. The molecule has 1 saturated heterocycles. The summed E-state index contributed by atoms with van der Waals surface area (Å²) in [6.45, 7) is 0.144. The standard InChI is InChI=1S/C25H22F3N5O3S/c26-25(27,28)21-4-1-11-29-23(21)16-5-10-20-22(13-16)30-15-31-24(20)32-17-6-8-19(9-7-17)37(35,36)33-12-2-3-18(33)14-34/h1,4-11,13,15,18,34H,2-3,12,14H2,(H,30,31,32). The number of nitrogens with one attached hydrogen (secondary N) is 1. The van der Waals surface area contributed by atoms with E-state index < -0.39 is 27.8 Å². The van der Waals surface area contributed by atoms with Gasteiger partial charge in [-0.25, -0.2) is 18.4 Å². The molecule has 2 N–H and O–H groups in total. The monoisotopic (exact) mass is 529 g/mol. The summed E-state index contributed by atoms with van der Waals surface area (Å²) in [5.74, 6) is 0.407. The summed E-state index contributed by atoms with van der Waals surface area (Å²) < 4.78 is 67.7. The zero-order chi connectivity index (χ0) is 26.2. The van der Waals surface area contributed by atoms with E-state index in [9.17, 15) is 26.7 Å². The number of aliphatic hydroxyl groups is 1. The molecule has 1 atom stereocenters. The van der Waals surface area contributed by atoms with Gasteiger partial charge in [0.05, 0.1) is 28.3 Å². The van der Waals surface area contributed by atoms with Crippen LogP contribution in [0.3, 0.4) is 0 Å². The topological polar surface area (TPSA) is 108 Å². The lowest BCUT2D eigenvalue weighted by Crippen LogP contribution is -2.37. The first-order valence-corrected chi connectivity index (χ1v) is 12.9. The first-order chi connectivity index (χ1) is 17.7. The first kappa shape index (κ1) is 25.1. The number of fused-ring (bicyclic) bond motifs is 1. The van der Waals surface area contributed by atoms with Crippen molar-refractivity contribution < 1.29 is 26.7 Å². The van der Waals surface area contributed by atoms with Gasteiger partial charge < -0.3 is 10.4 Å². The van der Waals surface area contributed by atoms with Crippen molar-refractivity contribution in [2.75, 3.05) is 18.5 Å². The van der Waals surface area contributed by atoms with Crippen LogP contribution in [0.1, 0.15) is 18.4 Å². The van der Waals surface area contributed by atoms with Gasteiger partial charge in [0.1, 0.15) is 12.1 Å². The Morgan fingerprint density at radius 1 is 1.05 bits per heavy atom. The van der Waals surface area contributed by atoms with Crippen LogP contribution in [0, 0.1) is 0 Å². The van der Waals surface area contributed by atoms with E-state index in [1.54, 1.807) is 18.2 Å². The summed E-state index contributed by atoms with van der Waals surface area (Å²) in [6, 6.07) is 12.6. The van der Waals surface area contributed by atoms with E-state index in [1.165, 1.54) is 47.2 Å². The van der Waals surface area contributed by atoms with Gasteiger partial charge in [0, 0.05) is 35.4 Å². The van der Waals surface area contributed by atoms with Crippen LogP contribution in [-0.2, 0) is 16.2 Å². The third-order valence-electron chi connectivity index (χ3n) is 6.28. The molecule has 8 nitrogen and oxygen atoms in total. The van der Waals surface area contributed by atoms with E-state index in [-0.39, 0.29) is 22.8 Å². The van der Waals surface area contributed by atoms with E-state index >= 15 is 0 Å². The zero-order valence-corrected chi connectivity index (χ0v) is 20.2. The fourth-order valence-electron chi connectivity index (χ4n) is 4.46. The highest BCUT2D eigenvalue weighted by atomic mass is 32.2. The average Bonchev–Trinajstić information content (AvgIpc) is 3.39. The number of anilines is 2. The number of hydrogen-bond donors (Lipinski definition) is 2. The van der Waals surface area contributed by atoms with Gasteiger partial charge in [-0.05, 0) is 61.4 Å². The van der Waals surface area contributed by atoms with E-state index in [4.69, 9.17) is 0 Å². The Bertz CT molecular complexity index is 1550. The molecule has 3 heterocycles. The molecule has 2 aromatic carbocycles. The van der Waals surface area contributed by atoms with Crippen molar-refractivity contribution in [2.24, 2.45) is 0 Å². The second-order valence-electron chi connectivity index (χ2n) is 8.60. The molecule has 1 aliphatic heterocycles. The number of nitrogens with zero attached hydrogens (tertiary/aromatic N) is 4. The number of sulfonamides is 1. The summed E-state index contributed by atoms with van der Waals surface area (Å²) in [4.78, 5) is 12.5. The molecular weight excluding hydrogens is 507 g/mol. The normalized spacial score (nSPS) is 16.8. The molecule has 0 radical (unpaired) electrons. The Balaban J connectivity index is 1.42. The summed E-state index contributed by atoms with van der Waals surface area (Å²) in [7, 11) is -3.74. The Morgan fingerprint density at radius 3 is 2.57 bits per heavy atom. The maximum Gasteiger partial charge on any atom is 0.418 e. The lowest BCUT2D eigenvalue weighted by atomic mass is 10.0. The van der Waals surface area contributed by atoms with E-state index in [1.807, 2.05) is 0 Å². The van der Waals surface area contributed by atoms with Crippen LogP contribution in [0.25, 0.3) is 22.2 Å². The summed E-state index contributed by atoms with van der Waals surface area (Å²) in [5.41, 5.74) is 0.214. The molecule has 1 unspecified atom stereocenters. The number of aliphatic hydroxyl groups excluding tert-OH is 1. The Hall–Kier alpha value is -3.61. The minimum Gasteiger partial charge on any atom is -0.395 e. The molecule has 0 amide bonds. The Labute approximate surface area is 210 Å². The van der Waals surface area contributed by atoms with Crippen molar-refractivity contribution in [2.45, 2.75) is 30.0 Å². The van der Waals surface area contributed by atoms with Crippen molar-refractivity contribution in [1.82, 2.24) is 19.3 Å². The molecule has 12 heteroatoms. The number of hydrogen-bond acceptors (Lipinski definition) is 7. The third-order valence-corrected chi connectivity index (χ3v) is 8.25. The molecule has 0 aliphatic carbocycles. The maximum absolute atomic E-state index is 13.5. The summed E-state index contributed by atoms with van der Waals surface area (Å²) in [5, 5.41) is 13.2. The van der Waals surface area contributed by atoms with Gasteiger partial charge in [-0.15, -0.1) is 0 Å². The number of aromatic nitrogens is 3. The highest BCUT2D eigenvalue weighted by Gasteiger charge is 2.35. The van der Waals surface area contributed by atoms with Gasteiger partial charge in [0.2, 0.25) is 10.0 Å². The fourth-order valence-corrected chi connectivity index (χ4v) is 6.14. The molecule has 0 bridgehead atoms.